The first-order chi connectivity index (χ1) is 13.0. The van der Waals surface area contributed by atoms with Crippen molar-refractivity contribution >= 4 is 16.9 Å². The molecular formula is C22H28N4O. The molecule has 1 heterocycles. The topological polar surface area (TPSA) is 83.8 Å². The fourth-order valence-corrected chi connectivity index (χ4v) is 3.28. The first-order valence-corrected chi connectivity index (χ1v) is 9.51. The fourth-order valence-electron chi connectivity index (χ4n) is 3.28. The largest absolute Gasteiger partial charge is 0.346 e. The maximum absolute atomic E-state index is 12.9. The number of nitrogens with two attached hydrogens (primary N) is 1. The third-order valence-electron chi connectivity index (χ3n) is 4.90. The molecule has 3 aromatic rings. The second-order valence-corrected chi connectivity index (χ2v) is 7.56. The predicted molar refractivity (Wildman–Crippen MR) is 109 cm³/mol. The van der Waals surface area contributed by atoms with Crippen molar-refractivity contribution in [3.8, 4) is 0 Å². The molecule has 3 unspecified atom stereocenters. The number of rotatable bonds is 7. The minimum Gasteiger partial charge on any atom is -0.346 e. The number of fused-ring (bicyclic) bond motifs is 1. The molecule has 27 heavy (non-hydrogen) atoms. The zero-order valence-corrected chi connectivity index (χ0v) is 16.1. The summed E-state index contributed by atoms with van der Waals surface area (Å²) in [6, 6.07) is 17.1. The lowest BCUT2D eigenvalue weighted by atomic mass is 9.94. The van der Waals surface area contributed by atoms with Gasteiger partial charge in [-0.3, -0.25) is 4.79 Å². The Hall–Kier alpha value is -2.66. The molecule has 3 atom stereocenters. The lowest BCUT2D eigenvalue weighted by Gasteiger charge is -2.24. The van der Waals surface area contributed by atoms with Crippen LogP contribution in [0.4, 0.5) is 0 Å². The highest BCUT2D eigenvalue weighted by Gasteiger charge is 2.26. The third kappa shape index (κ3) is 4.55. The minimum absolute atomic E-state index is 0.0579. The number of nitrogens with zero attached hydrogens (tertiary/aromatic N) is 1. The van der Waals surface area contributed by atoms with E-state index in [2.05, 4.69) is 29.1 Å². The van der Waals surface area contributed by atoms with Crippen molar-refractivity contribution < 1.29 is 4.79 Å². The molecule has 5 nitrogen and oxygen atoms in total. The third-order valence-corrected chi connectivity index (χ3v) is 4.90. The Morgan fingerprint density at radius 2 is 1.74 bits per heavy atom. The number of aromatic nitrogens is 2. The molecule has 3 rings (SSSR count). The van der Waals surface area contributed by atoms with Crippen LogP contribution in [-0.2, 0) is 4.79 Å². The lowest BCUT2D eigenvalue weighted by Crippen LogP contribution is -2.38. The van der Waals surface area contributed by atoms with Crippen molar-refractivity contribution in [2.75, 3.05) is 0 Å². The Bertz CT molecular complexity index is 854. The first kappa shape index (κ1) is 19.1. The minimum atomic E-state index is -0.346. The van der Waals surface area contributed by atoms with Crippen LogP contribution in [0, 0.1) is 11.8 Å². The second-order valence-electron chi connectivity index (χ2n) is 7.56. The Morgan fingerprint density at radius 3 is 2.41 bits per heavy atom. The summed E-state index contributed by atoms with van der Waals surface area (Å²) in [6.07, 6.45) is 0.804. The van der Waals surface area contributed by atoms with Gasteiger partial charge in [-0.25, -0.2) is 4.98 Å². The van der Waals surface area contributed by atoms with Gasteiger partial charge in [-0.1, -0.05) is 63.2 Å². The average Bonchev–Trinajstić information content (AvgIpc) is 3.10. The van der Waals surface area contributed by atoms with Gasteiger partial charge in [0.1, 0.15) is 5.82 Å². The van der Waals surface area contributed by atoms with E-state index in [0.717, 1.165) is 28.8 Å². The van der Waals surface area contributed by atoms with Gasteiger partial charge in [0.15, 0.2) is 0 Å². The van der Waals surface area contributed by atoms with Crippen molar-refractivity contribution in [3.05, 3.63) is 66.0 Å². The summed E-state index contributed by atoms with van der Waals surface area (Å²) >= 11 is 0. The van der Waals surface area contributed by atoms with Crippen LogP contribution < -0.4 is 11.1 Å². The number of H-pyrrole nitrogens is 1. The van der Waals surface area contributed by atoms with E-state index in [4.69, 9.17) is 5.73 Å². The molecular weight excluding hydrogens is 336 g/mol. The molecule has 0 radical (unpaired) electrons. The number of hydrogen-bond acceptors (Lipinski definition) is 3. The quantitative estimate of drug-likeness (QED) is 0.590. The van der Waals surface area contributed by atoms with Crippen LogP contribution >= 0.6 is 0 Å². The second kappa shape index (κ2) is 8.35. The van der Waals surface area contributed by atoms with E-state index in [-0.39, 0.29) is 23.9 Å². The number of carbonyl (C=O) groups is 1. The number of amides is 1. The standard InChI is InChI=1S/C22H28N4O/c1-14(2)13-19(21-24-17-11-7-8-12-18(17)25-21)26-22(27)15(3)20(23)16-9-5-4-6-10-16/h4-12,14-15,19-20H,13,23H2,1-3H3,(H,24,25)(H,26,27). The van der Waals surface area contributed by atoms with Crippen LogP contribution in [0.2, 0.25) is 0 Å². The maximum atomic E-state index is 12.9. The SMILES string of the molecule is CC(C)CC(NC(=O)C(C)C(N)c1ccccc1)c1nc2ccccc2[nH]1. The number of aromatic amines is 1. The number of carbonyl (C=O) groups excluding carboxylic acids is 1. The number of para-hydroxylation sites is 2. The highest BCUT2D eigenvalue weighted by molar-refractivity contribution is 5.80. The van der Waals surface area contributed by atoms with E-state index >= 15 is 0 Å². The predicted octanol–water partition coefficient (Wildman–Crippen LogP) is 4.10. The zero-order valence-electron chi connectivity index (χ0n) is 16.1. The summed E-state index contributed by atoms with van der Waals surface area (Å²) < 4.78 is 0. The summed E-state index contributed by atoms with van der Waals surface area (Å²) in [5.74, 6) is 0.809. The van der Waals surface area contributed by atoms with Gasteiger partial charge < -0.3 is 16.0 Å². The molecule has 0 saturated carbocycles. The number of imidazole rings is 1. The van der Waals surface area contributed by atoms with E-state index in [1.165, 1.54) is 0 Å². The van der Waals surface area contributed by atoms with Gasteiger partial charge in [-0.05, 0) is 30.0 Å². The van der Waals surface area contributed by atoms with Crippen LogP contribution in [0.25, 0.3) is 11.0 Å². The molecule has 0 fully saturated rings. The van der Waals surface area contributed by atoms with Crippen molar-refractivity contribution in [3.63, 3.8) is 0 Å². The monoisotopic (exact) mass is 364 g/mol. The Kier molecular flexibility index (Phi) is 5.91. The van der Waals surface area contributed by atoms with Crippen LogP contribution in [0.1, 0.15) is 50.7 Å². The highest BCUT2D eigenvalue weighted by Crippen LogP contribution is 2.24. The molecule has 5 heteroatoms. The van der Waals surface area contributed by atoms with E-state index < -0.39 is 0 Å². The Balaban J connectivity index is 1.78. The summed E-state index contributed by atoms with van der Waals surface area (Å²) in [7, 11) is 0. The van der Waals surface area contributed by atoms with Gasteiger partial charge >= 0.3 is 0 Å². The molecule has 142 valence electrons. The average molecular weight is 364 g/mol. The van der Waals surface area contributed by atoms with Crippen molar-refractivity contribution in [1.82, 2.24) is 15.3 Å². The molecule has 0 aliphatic rings. The van der Waals surface area contributed by atoms with E-state index in [9.17, 15) is 4.79 Å². The Morgan fingerprint density at radius 1 is 1.07 bits per heavy atom. The molecule has 1 amide bonds. The molecule has 0 aliphatic heterocycles. The van der Waals surface area contributed by atoms with E-state index in [1.807, 2.05) is 61.5 Å². The summed E-state index contributed by atoms with van der Waals surface area (Å²) in [5.41, 5.74) is 9.18. The van der Waals surface area contributed by atoms with E-state index in [1.54, 1.807) is 0 Å². The molecule has 4 N–H and O–H groups in total. The Labute approximate surface area is 160 Å². The van der Waals surface area contributed by atoms with Crippen molar-refractivity contribution in [1.29, 1.82) is 0 Å². The van der Waals surface area contributed by atoms with Crippen molar-refractivity contribution in [2.45, 2.75) is 39.3 Å². The van der Waals surface area contributed by atoms with E-state index in [0.29, 0.717) is 5.92 Å². The van der Waals surface area contributed by atoms with Crippen LogP contribution in [0.5, 0.6) is 0 Å². The van der Waals surface area contributed by atoms with Gasteiger partial charge in [0.2, 0.25) is 5.91 Å². The molecule has 0 aliphatic carbocycles. The molecule has 0 spiro atoms. The van der Waals surface area contributed by atoms with Gasteiger partial charge in [-0.2, -0.15) is 0 Å². The molecule has 2 aromatic carbocycles. The van der Waals surface area contributed by atoms with Crippen molar-refractivity contribution in [2.24, 2.45) is 17.6 Å². The normalized spacial score (nSPS) is 14.9. The van der Waals surface area contributed by atoms with Crippen LogP contribution in [-0.4, -0.2) is 15.9 Å². The fraction of sp³-hybridized carbons (Fsp3) is 0.364. The molecule has 1 aromatic heterocycles. The van der Waals surface area contributed by atoms with Gasteiger partial charge in [0.05, 0.1) is 23.0 Å². The summed E-state index contributed by atoms with van der Waals surface area (Å²) in [6.45, 7) is 6.15. The van der Waals surface area contributed by atoms with Gasteiger partial charge in [0, 0.05) is 6.04 Å². The van der Waals surface area contributed by atoms with Gasteiger partial charge in [-0.15, -0.1) is 0 Å². The maximum Gasteiger partial charge on any atom is 0.225 e. The first-order valence-electron chi connectivity index (χ1n) is 9.51. The van der Waals surface area contributed by atoms with Crippen LogP contribution in [0.3, 0.4) is 0 Å². The lowest BCUT2D eigenvalue weighted by molar-refractivity contribution is -0.126. The number of hydrogen-bond donors (Lipinski definition) is 3. The molecule has 0 bridgehead atoms. The highest BCUT2D eigenvalue weighted by atomic mass is 16.2. The van der Waals surface area contributed by atoms with Gasteiger partial charge in [0.25, 0.3) is 0 Å². The smallest absolute Gasteiger partial charge is 0.225 e. The molecule has 0 saturated heterocycles. The number of nitrogens with one attached hydrogen (secondary N) is 2. The summed E-state index contributed by atoms with van der Waals surface area (Å²) in [5, 5.41) is 3.16. The summed E-state index contributed by atoms with van der Waals surface area (Å²) in [4.78, 5) is 20.9. The van der Waals surface area contributed by atoms with Crippen LogP contribution in [0.15, 0.2) is 54.6 Å². The number of benzene rings is 2. The zero-order chi connectivity index (χ0) is 19.4.